The molecule has 1 aromatic rings. The number of hydrogen-bond acceptors (Lipinski definition) is 2. The van der Waals surface area contributed by atoms with Crippen LogP contribution in [0.25, 0.3) is 0 Å². The highest BCUT2D eigenvalue weighted by molar-refractivity contribution is 7.53. The smallest absolute Gasteiger partial charge is 0.396 e. The van der Waals surface area contributed by atoms with Crippen molar-refractivity contribution in [1.82, 2.24) is 0 Å². The van der Waals surface area contributed by atoms with Crippen LogP contribution in [-0.4, -0.2) is 0 Å². The summed E-state index contributed by atoms with van der Waals surface area (Å²) in [6, 6.07) is 7.93. The van der Waals surface area contributed by atoms with Crippen LogP contribution in [0.3, 0.4) is 0 Å². The van der Waals surface area contributed by atoms with Crippen LogP contribution in [0.4, 0.5) is 12.6 Å². The molecule has 1 unspecified atom stereocenters. The fourth-order valence-corrected chi connectivity index (χ4v) is 1.63. The van der Waals surface area contributed by atoms with Crippen molar-refractivity contribution in [3.63, 3.8) is 0 Å². The summed E-state index contributed by atoms with van der Waals surface area (Å²) in [5.74, 6) is 0.222. The van der Waals surface area contributed by atoms with Crippen LogP contribution in [0.2, 0.25) is 0 Å². The van der Waals surface area contributed by atoms with E-state index in [0.29, 0.717) is 0 Å². The highest BCUT2D eigenvalue weighted by atomic mass is 31.2. The summed E-state index contributed by atoms with van der Waals surface area (Å²) in [5.41, 5.74) is 0. The molecular weight excluding hydrogens is 221 g/mol. The van der Waals surface area contributed by atoms with E-state index in [-0.39, 0.29) is 5.75 Å². The van der Waals surface area contributed by atoms with Gasteiger partial charge in [0.2, 0.25) is 0 Å². The van der Waals surface area contributed by atoms with E-state index >= 15 is 0 Å². The first-order valence-corrected chi connectivity index (χ1v) is 5.58. The first-order valence-electron chi connectivity index (χ1n) is 3.27. The Morgan fingerprint density at radius 1 is 1.23 bits per heavy atom. The van der Waals surface area contributed by atoms with Gasteiger partial charge in [-0.2, -0.15) is 17.1 Å². The zero-order chi connectivity index (χ0) is 9.68. The molecule has 0 bridgehead atoms. The number of para-hydroxylation sites is 1. The number of halogens is 3. The lowest BCUT2D eigenvalue weighted by Crippen LogP contribution is -1.75. The SMILES string of the molecule is FP(F)/N=[PH](\F)Oc1ccccc1. The first kappa shape index (κ1) is 10.6. The summed E-state index contributed by atoms with van der Waals surface area (Å²) in [5, 5.41) is 0. The summed E-state index contributed by atoms with van der Waals surface area (Å²) in [4.78, 5) is 0. The first-order chi connectivity index (χ1) is 6.18. The minimum absolute atomic E-state index is 0.222. The third-order valence-electron chi connectivity index (χ3n) is 1.10. The topological polar surface area (TPSA) is 21.6 Å². The van der Waals surface area contributed by atoms with Gasteiger partial charge < -0.3 is 4.52 Å². The molecule has 0 spiro atoms. The Morgan fingerprint density at radius 2 is 1.85 bits per heavy atom. The second kappa shape index (κ2) is 5.25. The maximum Gasteiger partial charge on any atom is 0.396 e. The molecule has 1 aromatic carbocycles. The molecule has 0 radical (unpaired) electrons. The number of hydrogen-bond donors (Lipinski definition) is 0. The van der Waals surface area contributed by atoms with Crippen molar-refractivity contribution in [3.8, 4) is 5.75 Å². The fourth-order valence-electron chi connectivity index (χ4n) is 0.666. The molecule has 0 fully saturated rings. The normalized spacial score (nSPS) is 13.2. The Balaban J connectivity index is 2.60. The third kappa shape index (κ3) is 4.30. The van der Waals surface area contributed by atoms with E-state index in [1.54, 1.807) is 18.2 Å². The van der Waals surface area contributed by atoms with Crippen molar-refractivity contribution in [2.75, 3.05) is 0 Å². The molecule has 72 valence electrons. The van der Waals surface area contributed by atoms with Crippen molar-refractivity contribution in [1.29, 1.82) is 0 Å². The summed E-state index contributed by atoms with van der Waals surface area (Å²) < 4.78 is 42.8. The predicted octanol–water partition coefficient (Wildman–Crippen LogP) is 4.43. The second-order valence-corrected chi connectivity index (χ2v) is 3.92. The van der Waals surface area contributed by atoms with Gasteiger partial charge in [-0.3, -0.25) is 0 Å². The van der Waals surface area contributed by atoms with Crippen LogP contribution in [0.1, 0.15) is 0 Å². The van der Waals surface area contributed by atoms with Crippen molar-refractivity contribution < 1.29 is 17.1 Å². The van der Waals surface area contributed by atoms with Crippen LogP contribution in [0.15, 0.2) is 34.8 Å². The van der Waals surface area contributed by atoms with Gasteiger partial charge in [-0.1, -0.05) is 18.2 Å². The molecule has 0 amide bonds. The second-order valence-electron chi connectivity index (χ2n) is 1.98. The van der Waals surface area contributed by atoms with E-state index in [1.807, 2.05) is 0 Å². The molecule has 1 rings (SSSR count). The highest BCUT2D eigenvalue weighted by Gasteiger charge is 2.04. The van der Waals surface area contributed by atoms with Crippen LogP contribution in [0.5, 0.6) is 5.75 Å². The Morgan fingerprint density at radius 3 is 2.38 bits per heavy atom. The van der Waals surface area contributed by atoms with Crippen LogP contribution in [0, 0.1) is 0 Å². The van der Waals surface area contributed by atoms with Crippen molar-refractivity contribution in [3.05, 3.63) is 30.3 Å². The van der Waals surface area contributed by atoms with Gasteiger partial charge in [0, 0.05) is 0 Å². The average molecular weight is 227 g/mol. The number of benzene rings is 1. The average Bonchev–Trinajstić information content (AvgIpc) is 2.04. The standard InChI is InChI=1S/C6H6F3NOP2/c7-12(8)10-13(9)11-6-4-2-1-3-5-6/h1-5,13H. The van der Waals surface area contributed by atoms with E-state index in [1.165, 1.54) is 12.1 Å². The number of nitrogens with zero attached hydrogens (tertiary/aromatic N) is 1. The van der Waals surface area contributed by atoms with Gasteiger partial charge in [0.1, 0.15) is 5.75 Å². The Kier molecular flexibility index (Phi) is 4.26. The molecule has 0 saturated heterocycles. The molecule has 7 heteroatoms. The molecular formula is C6H6F3NOP2. The van der Waals surface area contributed by atoms with E-state index in [2.05, 4.69) is 9.04 Å². The summed E-state index contributed by atoms with van der Waals surface area (Å²) >= 11 is 0. The summed E-state index contributed by atoms with van der Waals surface area (Å²) in [7, 11) is -6.80. The van der Waals surface area contributed by atoms with Crippen molar-refractivity contribution in [2.24, 2.45) is 4.52 Å². The van der Waals surface area contributed by atoms with Crippen LogP contribution >= 0.6 is 16.9 Å². The van der Waals surface area contributed by atoms with Gasteiger partial charge >= 0.3 is 8.69 Å². The van der Waals surface area contributed by atoms with Gasteiger partial charge in [0.05, 0.1) is 0 Å². The van der Waals surface area contributed by atoms with Gasteiger partial charge in [-0.05, 0) is 12.1 Å². The molecule has 2 nitrogen and oxygen atoms in total. The minimum Gasteiger partial charge on any atom is -0.437 e. The maximum absolute atomic E-state index is 12.6. The lowest BCUT2D eigenvalue weighted by molar-refractivity contribution is 0.576. The largest absolute Gasteiger partial charge is 0.437 e. The molecule has 0 aliphatic rings. The monoisotopic (exact) mass is 227 g/mol. The van der Waals surface area contributed by atoms with Crippen molar-refractivity contribution >= 4 is 16.9 Å². The molecule has 0 N–H and O–H groups in total. The summed E-state index contributed by atoms with van der Waals surface area (Å²) in [6.07, 6.45) is 0. The lowest BCUT2D eigenvalue weighted by atomic mass is 10.3. The van der Waals surface area contributed by atoms with E-state index in [4.69, 9.17) is 0 Å². The fraction of sp³-hybridized carbons (Fsp3) is 0. The van der Waals surface area contributed by atoms with Gasteiger partial charge in [-0.25, -0.2) is 0 Å². The van der Waals surface area contributed by atoms with E-state index in [0.717, 1.165) is 0 Å². The Bertz CT molecular complexity index is 293. The van der Waals surface area contributed by atoms with Gasteiger partial charge in [0.15, 0.2) is 0 Å². The summed E-state index contributed by atoms with van der Waals surface area (Å²) in [6.45, 7) is 0. The predicted molar refractivity (Wildman–Crippen MR) is 48.1 cm³/mol. The zero-order valence-electron chi connectivity index (χ0n) is 6.32. The Hall–Kier alpha value is -0.530. The van der Waals surface area contributed by atoms with E-state index in [9.17, 15) is 12.6 Å². The highest BCUT2D eigenvalue weighted by Crippen LogP contribution is 2.49. The minimum atomic E-state index is -3.57. The van der Waals surface area contributed by atoms with Crippen LogP contribution < -0.4 is 4.52 Å². The molecule has 0 aliphatic heterocycles. The molecule has 0 saturated carbocycles. The zero-order valence-corrected chi connectivity index (χ0v) is 8.22. The molecule has 0 aromatic heterocycles. The van der Waals surface area contributed by atoms with Gasteiger partial charge in [0.25, 0.3) is 8.25 Å². The van der Waals surface area contributed by atoms with Crippen molar-refractivity contribution in [2.45, 2.75) is 0 Å². The number of rotatable bonds is 3. The van der Waals surface area contributed by atoms with E-state index < -0.39 is 16.9 Å². The molecule has 1 atom stereocenters. The molecule has 0 aliphatic carbocycles. The maximum atomic E-state index is 12.6. The quantitative estimate of drug-likeness (QED) is 0.700. The van der Waals surface area contributed by atoms with Gasteiger partial charge in [-0.15, -0.1) is 0 Å². The lowest BCUT2D eigenvalue weighted by Gasteiger charge is -2.01. The molecule has 13 heavy (non-hydrogen) atoms. The Labute approximate surface area is 75.5 Å². The third-order valence-corrected chi connectivity index (χ3v) is 2.74. The molecule has 0 heterocycles. The van der Waals surface area contributed by atoms with Crippen LogP contribution in [-0.2, 0) is 0 Å².